The van der Waals surface area contributed by atoms with Crippen LogP contribution in [-0.2, 0) is 16.8 Å². The summed E-state index contributed by atoms with van der Waals surface area (Å²) < 4.78 is 0. The largest absolute Gasteiger partial charge is 0.336 e. The first-order chi connectivity index (χ1) is 12.1. The lowest BCUT2D eigenvalue weighted by atomic mass is 9.92. The fourth-order valence-corrected chi connectivity index (χ4v) is 2.58. The minimum atomic E-state index is -0.208. The highest BCUT2D eigenvalue weighted by atomic mass is 35.5. The van der Waals surface area contributed by atoms with Crippen molar-refractivity contribution in [1.82, 2.24) is 15.1 Å². The molecule has 0 atom stereocenters. The smallest absolute Gasteiger partial charge is 0.256 e. The maximum atomic E-state index is 12.9. The lowest BCUT2D eigenvalue weighted by Crippen LogP contribution is -2.27. The summed E-state index contributed by atoms with van der Waals surface area (Å²) >= 11 is 6.01. The van der Waals surface area contributed by atoms with Crippen molar-refractivity contribution in [3.8, 4) is 0 Å². The molecular formula is C19H25ClN4O2. The summed E-state index contributed by atoms with van der Waals surface area (Å²) in [5.41, 5.74) is 2.54. The lowest BCUT2D eigenvalue weighted by Gasteiger charge is -2.19. The van der Waals surface area contributed by atoms with Crippen LogP contribution in [0.15, 0.2) is 24.3 Å². The third-order valence-electron chi connectivity index (χ3n) is 3.96. The number of aromatic nitrogens is 2. The average Bonchev–Trinajstić information content (AvgIpc) is 3.03. The van der Waals surface area contributed by atoms with Gasteiger partial charge in [0.25, 0.3) is 5.91 Å². The molecule has 0 spiro atoms. The quantitative estimate of drug-likeness (QED) is 0.828. The molecule has 2 N–H and O–H groups in total. The Kier molecular flexibility index (Phi) is 6.08. The molecule has 0 saturated carbocycles. The maximum absolute atomic E-state index is 12.9. The number of anilines is 1. The predicted molar refractivity (Wildman–Crippen MR) is 103 cm³/mol. The van der Waals surface area contributed by atoms with E-state index < -0.39 is 0 Å². The van der Waals surface area contributed by atoms with E-state index in [-0.39, 0.29) is 17.2 Å². The molecule has 0 bridgehead atoms. The molecule has 0 unspecified atom stereocenters. The Morgan fingerprint density at radius 3 is 2.54 bits per heavy atom. The van der Waals surface area contributed by atoms with Crippen LogP contribution in [0.5, 0.6) is 0 Å². The second-order valence-corrected chi connectivity index (χ2v) is 7.72. The molecule has 1 aromatic carbocycles. The van der Waals surface area contributed by atoms with Crippen LogP contribution in [0.2, 0.25) is 5.02 Å². The fraction of sp³-hybridized carbons (Fsp3) is 0.421. The van der Waals surface area contributed by atoms with E-state index in [4.69, 9.17) is 11.6 Å². The number of halogens is 1. The number of H-pyrrole nitrogens is 1. The second-order valence-electron chi connectivity index (χ2n) is 7.28. The molecule has 140 valence electrons. The van der Waals surface area contributed by atoms with E-state index >= 15 is 0 Å². The molecule has 0 aliphatic carbocycles. The number of benzene rings is 1. The van der Waals surface area contributed by atoms with Crippen molar-refractivity contribution in [2.24, 2.45) is 0 Å². The molecule has 0 aliphatic heterocycles. The van der Waals surface area contributed by atoms with Gasteiger partial charge in [0.2, 0.25) is 5.91 Å². The normalized spacial score (nSPS) is 11.3. The van der Waals surface area contributed by atoms with Crippen molar-refractivity contribution in [2.45, 2.75) is 46.1 Å². The number of hydrogen-bond donors (Lipinski definition) is 2. The minimum Gasteiger partial charge on any atom is -0.336 e. The van der Waals surface area contributed by atoms with Crippen LogP contribution in [0.3, 0.4) is 0 Å². The highest BCUT2D eigenvalue weighted by molar-refractivity contribution is 6.31. The van der Waals surface area contributed by atoms with Crippen molar-refractivity contribution in [3.63, 3.8) is 0 Å². The van der Waals surface area contributed by atoms with Crippen molar-refractivity contribution in [2.75, 3.05) is 12.4 Å². The van der Waals surface area contributed by atoms with Crippen LogP contribution < -0.4 is 5.32 Å². The first kappa shape index (κ1) is 20.0. The van der Waals surface area contributed by atoms with Gasteiger partial charge in [-0.15, -0.1) is 0 Å². The van der Waals surface area contributed by atoms with Gasteiger partial charge < -0.3 is 10.2 Å². The summed E-state index contributed by atoms with van der Waals surface area (Å²) in [5.74, 6) is -0.382. The summed E-state index contributed by atoms with van der Waals surface area (Å²) in [6, 6.07) is 6.81. The maximum Gasteiger partial charge on any atom is 0.256 e. The summed E-state index contributed by atoms with van der Waals surface area (Å²) in [4.78, 5) is 26.2. The average molecular weight is 377 g/mol. The van der Waals surface area contributed by atoms with Crippen molar-refractivity contribution >= 4 is 29.1 Å². The topological polar surface area (TPSA) is 78.1 Å². The van der Waals surface area contributed by atoms with Crippen LogP contribution in [0, 0.1) is 0 Å². The zero-order valence-electron chi connectivity index (χ0n) is 15.8. The number of rotatable bonds is 5. The number of nitrogens with zero attached hydrogens (tertiary/aromatic N) is 2. The van der Waals surface area contributed by atoms with Crippen molar-refractivity contribution in [1.29, 1.82) is 0 Å². The van der Waals surface area contributed by atoms with Crippen LogP contribution in [0.1, 0.15) is 55.9 Å². The van der Waals surface area contributed by atoms with Gasteiger partial charge in [-0.2, -0.15) is 5.10 Å². The summed E-state index contributed by atoms with van der Waals surface area (Å²) in [6.07, 6.45) is 0.319. The molecule has 0 fully saturated rings. The molecule has 26 heavy (non-hydrogen) atoms. The van der Waals surface area contributed by atoms with E-state index in [0.29, 0.717) is 29.2 Å². The zero-order valence-corrected chi connectivity index (χ0v) is 16.6. The second kappa shape index (κ2) is 7.91. The Bertz CT molecular complexity index is 808. The SMILES string of the molecule is CCC(=O)Nc1cc(Cl)ccc1C(=O)N(C)Cc1cc(C(C)(C)C)n[nH]1. The standard InChI is InChI=1S/C19H25ClN4O2/c1-6-17(25)21-15-9-12(20)7-8-14(15)18(26)24(5)11-13-10-16(23-22-13)19(2,3)4/h7-10H,6,11H2,1-5H3,(H,21,25)(H,22,23). The molecular weight excluding hydrogens is 352 g/mol. The van der Waals surface area contributed by atoms with E-state index in [9.17, 15) is 9.59 Å². The first-order valence-electron chi connectivity index (χ1n) is 8.51. The molecule has 1 heterocycles. The Labute approximate surface area is 158 Å². The lowest BCUT2D eigenvalue weighted by molar-refractivity contribution is -0.115. The van der Waals surface area contributed by atoms with E-state index in [1.807, 2.05) is 6.07 Å². The highest BCUT2D eigenvalue weighted by Crippen LogP contribution is 2.24. The van der Waals surface area contributed by atoms with Crippen LogP contribution in [-0.4, -0.2) is 34.0 Å². The number of nitrogens with one attached hydrogen (secondary N) is 2. The Balaban J connectivity index is 2.20. The van der Waals surface area contributed by atoms with Crippen LogP contribution in [0.25, 0.3) is 0 Å². The predicted octanol–water partition coefficient (Wildman–Crippen LogP) is 3.98. The Morgan fingerprint density at radius 1 is 1.27 bits per heavy atom. The van der Waals surface area contributed by atoms with Gasteiger partial charge in [-0.05, 0) is 24.3 Å². The molecule has 0 saturated heterocycles. The van der Waals surface area contributed by atoms with E-state index in [1.165, 1.54) is 0 Å². The summed E-state index contributed by atoms with van der Waals surface area (Å²) in [7, 11) is 1.71. The first-order valence-corrected chi connectivity index (χ1v) is 8.89. The van der Waals surface area contributed by atoms with Gasteiger partial charge in [-0.1, -0.05) is 39.3 Å². The van der Waals surface area contributed by atoms with E-state index in [2.05, 4.69) is 36.3 Å². The highest BCUT2D eigenvalue weighted by Gasteiger charge is 2.21. The molecule has 2 amide bonds. The number of amides is 2. The fourth-order valence-electron chi connectivity index (χ4n) is 2.40. The van der Waals surface area contributed by atoms with Crippen LogP contribution in [0.4, 0.5) is 5.69 Å². The number of hydrogen-bond acceptors (Lipinski definition) is 3. The third-order valence-corrected chi connectivity index (χ3v) is 4.20. The summed E-state index contributed by atoms with van der Waals surface area (Å²) in [5, 5.41) is 10.5. The van der Waals surface area contributed by atoms with Gasteiger partial charge in [-0.25, -0.2) is 0 Å². The monoisotopic (exact) mass is 376 g/mol. The van der Waals surface area contributed by atoms with Gasteiger partial charge in [0.15, 0.2) is 0 Å². The van der Waals surface area contributed by atoms with Gasteiger partial charge in [0.1, 0.15) is 0 Å². The number of aromatic amines is 1. The van der Waals surface area contributed by atoms with Crippen molar-refractivity contribution < 1.29 is 9.59 Å². The minimum absolute atomic E-state index is 0.0644. The van der Waals surface area contributed by atoms with E-state index in [1.54, 1.807) is 37.1 Å². The van der Waals surface area contributed by atoms with Gasteiger partial charge >= 0.3 is 0 Å². The molecule has 1 aromatic heterocycles. The molecule has 2 aromatic rings. The molecule has 6 nitrogen and oxygen atoms in total. The molecule has 0 radical (unpaired) electrons. The summed E-state index contributed by atoms with van der Waals surface area (Å²) in [6.45, 7) is 8.37. The molecule has 0 aliphatic rings. The Hall–Kier alpha value is -2.34. The van der Waals surface area contributed by atoms with Crippen LogP contribution >= 0.6 is 11.6 Å². The van der Waals surface area contributed by atoms with Gasteiger partial charge in [-0.3, -0.25) is 14.7 Å². The van der Waals surface area contributed by atoms with E-state index in [0.717, 1.165) is 11.4 Å². The third kappa shape index (κ3) is 4.85. The Morgan fingerprint density at radius 2 is 1.96 bits per heavy atom. The van der Waals surface area contributed by atoms with Gasteiger partial charge in [0.05, 0.1) is 29.2 Å². The van der Waals surface area contributed by atoms with Gasteiger partial charge in [0, 0.05) is 23.9 Å². The number of carbonyl (C=O) groups excluding carboxylic acids is 2. The zero-order chi connectivity index (χ0) is 19.5. The van der Waals surface area contributed by atoms with Crippen molar-refractivity contribution in [3.05, 3.63) is 46.2 Å². The molecule has 7 heteroatoms. The number of carbonyl (C=O) groups is 2. The molecule has 2 rings (SSSR count).